The van der Waals surface area contributed by atoms with Crippen LogP contribution in [0.25, 0.3) is 0 Å². The van der Waals surface area contributed by atoms with Gasteiger partial charge in [0.2, 0.25) is 5.91 Å². The summed E-state index contributed by atoms with van der Waals surface area (Å²) in [6, 6.07) is 10.7. The molecule has 1 aromatic carbocycles. The molecule has 1 aliphatic heterocycles. The van der Waals surface area contributed by atoms with E-state index in [9.17, 15) is 4.79 Å². The Balaban J connectivity index is 1.35. The minimum absolute atomic E-state index is 0.0560. The van der Waals surface area contributed by atoms with Crippen molar-refractivity contribution in [3.8, 4) is 0 Å². The molecule has 0 radical (unpaired) electrons. The summed E-state index contributed by atoms with van der Waals surface area (Å²) in [5.74, 6) is 0.866. The highest BCUT2D eigenvalue weighted by molar-refractivity contribution is 5.78. The van der Waals surface area contributed by atoms with Crippen molar-refractivity contribution >= 4 is 5.91 Å². The van der Waals surface area contributed by atoms with Gasteiger partial charge in [-0.1, -0.05) is 29.8 Å². The maximum absolute atomic E-state index is 13.2. The average molecular weight is 382 g/mol. The maximum Gasteiger partial charge on any atom is 0.249 e. The zero-order valence-corrected chi connectivity index (χ0v) is 17.2. The number of hydroxylamine groups is 2. The minimum atomic E-state index is 0.0560. The molecule has 0 unspecified atom stereocenters. The number of rotatable bonds is 4. The third-order valence-electron chi connectivity index (χ3n) is 6.31. The highest BCUT2D eigenvalue weighted by Gasteiger charge is 2.37. The van der Waals surface area contributed by atoms with Gasteiger partial charge < -0.3 is 0 Å². The Morgan fingerprint density at radius 3 is 2.43 bits per heavy atom. The number of aromatic nitrogens is 2. The Kier molecular flexibility index (Phi) is 5.54. The van der Waals surface area contributed by atoms with Gasteiger partial charge in [-0.15, -0.1) is 0 Å². The third kappa shape index (κ3) is 4.00. The molecule has 1 aliphatic carbocycles. The van der Waals surface area contributed by atoms with Crippen molar-refractivity contribution in [3.05, 3.63) is 52.8 Å². The van der Waals surface area contributed by atoms with Gasteiger partial charge in [0.05, 0.1) is 18.3 Å². The summed E-state index contributed by atoms with van der Waals surface area (Å²) < 4.78 is 2.12. The number of hydrogen-bond donors (Lipinski definition) is 0. The summed E-state index contributed by atoms with van der Waals surface area (Å²) in [6.45, 7) is 7.83. The van der Waals surface area contributed by atoms with Crippen molar-refractivity contribution in [2.45, 2.75) is 65.5 Å². The molecule has 1 aromatic heterocycles. The minimum Gasteiger partial charge on any atom is -0.272 e. The molecule has 28 heavy (non-hydrogen) atoms. The molecule has 4 rings (SSSR count). The number of amides is 1. The Morgan fingerprint density at radius 2 is 1.79 bits per heavy atom. The van der Waals surface area contributed by atoms with E-state index < -0.39 is 0 Å². The van der Waals surface area contributed by atoms with Crippen LogP contribution in [0.1, 0.15) is 60.7 Å². The largest absolute Gasteiger partial charge is 0.272 e. The number of nitrogens with zero attached hydrogens (tertiary/aromatic N) is 3. The topological polar surface area (TPSA) is 47.4 Å². The van der Waals surface area contributed by atoms with E-state index in [1.54, 1.807) is 5.06 Å². The Bertz CT molecular complexity index is 819. The molecular weight excluding hydrogens is 350 g/mol. The molecule has 0 N–H and O–H groups in total. The van der Waals surface area contributed by atoms with Gasteiger partial charge in [0, 0.05) is 24.6 Å². The van der Waals surface area contributed by atoms with Crippen LogP contribution in [-0.4, -0.2) is 27.4 Å². The molecule has 2 fully saturated rings. The summed E-state index contributed by atoms with van der Waals surface area (Å²) >= 11 is 0. The molecular formula is C23H31N3O2. The molecule has 1 amide bonds. The van der Waals surface area contributed by atoms with Crippen LogP contribution in [0.2, 0.25) is 0 Å². The van der Waals surface area contributed by atoms with Crippen molar-refractivity contribution < 1.29 is 9.63 Å². The summed E-state index contributed by atoms with van der Waals surface area (Å²) in [5, 5.41) is 6.27. The molecule has 2 aromatic rings. The number of benzene rings is 1. The van der Waals surface area contributed by atoms with Gasteiger partial charge in [0.15, 0.2) is 0 Å². The Hall–Kier alpha value is -2.14. The molecule has 0 bridgehead atoms. The molecule has 2 aliphatic rings. The monoisotopic (exact) mass is 381 g/mol. The highest BCUT2D eigenvalue weighted by Crippen LogP contribution is 2.36. The lowest BCUT2D eigenvalue weighted by molar-refractivity contribution is -0.183. The molecule has 0 spiro atoms. The van der Waals surface area contributed by atoms with E-state index in [4.69, 9.17) is 4.84 Å². The second-order valence-corrected chi connectivity index (χ2v) is 8.54. The Labute approximate surface area is 167 Å². The molecule has 2 heterocycles. The molecule has 150 valence electrons. The first-order valence-corrected chi connectivity index (χ1v) is 10.5. The summed E-state index contributed by atoms with van der Waals surface area (Å²) in [5.41, 5.74) is 4.72. The van der Waals surface area contributed by atoms with Crippen LogP contribution >= 0.6 is 0 Å². The fourth-order valence-electron chi connectivity index (χ4n) is 4.65. The van der Waals surface area contributed by atoms with Gasteiger partial charge in [0.25, 0.3) is 0 Å². The number of hydrogen-bond acceptors (Lipinski definition) is 3. The second kappa shape index (κ2) is 8.08. The van der Waals surface area contributed by atoms with E-state index in [1.165, 1.54) is 16.8 Å². The van der Waals surface area contributed by atoms with E-state index in [-0.39, 0.29) is 17.9 Å². The first-order valence-electron chi connectivity index (χ1n) is 10.5. The van der Waals surface area contributed by atoms with E-state index in [0.29, 0.717) is 12.5 Å². The van der Waals surface area contributed by atoms with Crippen molar-refractivity contribution in [2.24, 2.45) is 11.8 Å². The van der Waals surface area contributed by atoms with Crippen molar-refractivity contribution in [1.82, 2.24) is 14.8 Å². The first-order chi connectivity index (χ1) is 13.5. The van der Waals surface area contributed by atoms with Crippen molar-refractivity contribution in [2.75, 3.05) is 6.61 Å². The molecule has 1 atom stereocenters. The standard InChI is InChI=1S/C23H31N3O2/c1-16-4-8-20(9-5-16)22-12-13-28-26(22)23(27)21-10-6-19(7-11-21)15-25-18(3)14-17(2)24-25/h4-5,8-9,14,19,21-22H,6-7,10-13,15H2,1-3H3/t19-,21-,22-/m0/s1. The number of aryl methyl sites for hydroxylation is 3. The predicted octanol–water partition coefficient (Wildman–Crippen LogP) is 4.52. The SMILES string of the molecule is Cc1ccc([C@@H]2CCON2C(=O)[C@H]2CC[C@H](Cn3nc(C)cc3C)CC2)cc1. The van der Waals surface area contributed by atoms with Gasteiger partial charge in [0.1, 0.15) is 0 Å². The zero-order valence-electron chi connectivity index (χ0n) is 17.2. The summed E-state index contributed by atoms with van der Waals surface area (Å²) in [4.78, 5) is 18.9. The van der Waals surface area contributed by atoms with E-state index in [1.807, 2.05) is 6.92 Å². The van der Waals surface area contributed by atoms with Gasteiger partial charge in [-0.05, 0) is 64.0 Å². The van der Waals surface area contributed by atoms with Crippen LogP contribution < -0.4 is 0 Å². The van der Waals surface area contributed by atoms with E-state index >= 15 is 0 Å². The summed E-state index contributed by atoms with van der Waals surface area (Å²) in [7, 11) is 0. The lowest BCUT2D eigenvalue weighted by Gasteiger charge is -2.32. The van der Waals surface area contributed by atoms with E-state index in [2.05, 4.69) is 54.0 Å². The number of carbonyl (C=O) groups is 1. The molecule has 5 nitrogen and oxygen atoms in total. The quantitative estimate of drug-likeness (QED) is 0.782. The van der Waals surface area contributed by atoms with Gasteiger partial charge >= 0.3 is 0 Å². The molecule has 1 saturated heterocycles. The lowest BCUT2D eigenvalue weighted by atomic mass is 9.81. The van der Waals surface area contributed by atoms with Gasteiger partial charge in [-0.25, -0.2) is 5.06 Å². The highest BCUT2D eigenvalue weighted by atomic mass is 16.7. The van der Waals surface area contributed by atoms with Crippen molar-refractivity contribution in [3.63, 3.8) is 0 Å². The normalized spacial score (nSPS) is 25.2. The van der Waals surface area contributed by atoms with Gasteiger partial charge in [-0.2, -0.15) is 5.10 Å². The van der Waals surface area contributed by atoms with Crippen LogP contribution in [0.5, 0.6) is 0 Å². The third-order valence-corrected chi connectivity index (χ3v) is 6.31. The lowest BCUT2D eigenvalue weighted by Crippen LogP contribution is -2.37. The van der Waals surface area contributed by atoms with Crippen LogP contribution in [0.4, 0.5) is 0 Å². The van der Waals surface area contributed by atoms with Crippen LogP contribution in [0.3, 0.4) is 0 Å². The molecule has 5 heteroatoms. The Morgan fingerprint density at radius 1 is 1.07 bits per heavy atom. The first kappa shape index (κ1) is 19.2. The summed E-state index contributed by atoms with van der Waals surface area (Å²) in [6.07, 6.45) is 4.93. The predicted molar refractivity (Wildman–Crippen MR) is 108 cm³/mol. The fourth-order valence-corrected chi connectivity index (χ4v) is 4.65. The second-order valence-electron chi connectivity index (χ2n) is 8.54. The average Bonchev–Trinajstić information content (AvgIpc) is 3.29. The van der Waals surface area contributed by atoms with Gasteiger partial charge in [-0.3, -0.25) is 14.3 Å². The van der Waals surface area contributed by atoms with Crippen molar-refractivity contribution in [1.29, 1.82) is 0 Å². The number of carbonyl (C=O) groups excluding carboxylic acids is 1. The molecule has 1 saturated carbocycles. The van der Waals surface area contributed by atoms with E-state index in [0.717, 1.165) is 44.3 Å². The zero-order chi connectivity index (χ0) is 19.7. The van der Waals surface area contributed by atoms with Crippen LogP contribution in [-0.2, 0) is 16.2 Å². The van der Waals surface area contributed by atoms with Crippen LogP contribution in [0, 0.1) is 32.6 Å². The van der Waals surface area contributed by atoms with Crippen LogP contribution in [0.15, 0.2) is 30.3 Å². The fraction of sp³-hybridized carbons (Fsp3) is 0.565. The maximum atomic E-state index is 13.2. The smallest absolute Gasteiger partial charge is 0.249 e.